The first kappa shape index (κ1) is 17.0. The van der Waals surface area contributed by atoms with E-state index in [0.29, 0.717) is 23.7 Å². The molecule has 29 heavy (non-hydrogen) atoms. The Hall–Kier alpha value is -2.87. The van der Waals surface area contributed by atoms with Gasteiger partial charge >= 0.3 is 0 Å². The van der Waals surface area contributed by atoms with E-state index >= 15 is 0 Å². The molecule has 5 atom stereocenters. The molecule has 1 N–H and O–H groups in total. The van der Waals surface area contributed by atoms with Gasteiger partial charge in [0.25, 0.3) is 0 Å². The molecule has 0 radical (unpaired) electrons. The van der Waals surface area contributed by atoms with Crippen LogP contribution in [-0.4, -0.2) is 17.0 Å². The molecule has 2 aromatic carbocycles. The van der Waals surface area contributed by atoms with Crippen molar-refractivity contribution in [3.05, 3.63) is 59.2 Å². The lowest BCUT2D eigenvalue weighted by Crippen LogP contribution is -2.54. The molecule has 3 aliphatic rings. The van der Waals surface area contributed by atoms with Crippen LogP contribution in [0, 0.1) is 34.9 Å². The van der Waals surface area contributed by atoms with Gasteiger partial charge in [-0.2, -0.15) is 5.26 Å². The summed E-state index contributed by atoms with van der Waals surface area (Å²) in [5.41, 5.74) is 5.65. The van der Waals surface area contributed by atoms with Crippen molar-refractivity contribution in [3.8, 4) is 6.07 Å². The van der Waals surface area contributed by atoms with Crippen molar-refractivity contribution < 1.29 is 4.39 Å². The number of nitriles is 1. The van der Waals surface area contributed by atoms with Crippen LogP contribution in [0.5, 0.6) is 0 Å². The summed E-state index contributed by atoms with van der Waals surface area (Å²) in [5, 5.41) is 9.42. The van der Waals surface area contributed by atoms with Gasteiger partial charge in [0.05, 0.1) is 28.5 Å². The third-order valence-corrected chi connectivity index (χ3v) is 8.24. The molecular weight excluding hydrogens is 363 g/mol. The van der Waals surface area contributed by atoms with Gasteiger partial charge in [0, 0.05) is 18.3 Å². The van der Waals surface area contributed by atoms with Crippen molar-refractivity contribution in [1.82, 2.24) is 9.97 Å². The number of nitrogens with zero attached hydrogens (tertiary/aromatic N) is 3. The summed E-state index contributed by atoms with van der Waals surface area (Å²) in [7, 11) is 2.15. The lowest BCUT2D eigenvalue weighted by molar-refractivity contribution is 0.158. The predicted molar refractivity (Wildman–Crippen MR) is 110 cm³/mol. The molecule has 146 valence electrons. The number of anilines is 1. The molecular formula is C24H23FN4. The zero-order valence-electron chi connectivity index (χ0n) is 16.6. The maximum Gasteiger partial charge on any atom is 0.140 e. The van der Waals surface area contributed by atoms with Crippen LogP contribution >= 0.6 is 0 Å². The van der Waals surface area contributed by atoms with E-state index < -0.39 is 5.82 Å². The zero-order valence-corrected chi connectivity index (χ0v) is 16.6. The van der Waals surface area contributed by atoms with Crippen LogP contribution in [0.4, 0.5) is 10.1 Å². The Balaban J connectivity index is 1.64. The number of benzene rings is 2. The highest BCUT2D eigenvalue weighted by Crippen LogP contribution is 2.67. The summed E-state index contributed by atoms with van der Waals surface area (Å²) >= 11 is 0. The van der Waals surface area contributed by atoms with Crippen LogP contribution in [0.1, 0.15) is 48.8 Å². The molecule has 0 amide bonds. The second kappa shape index (κ2) is 5.60. The number of aromatic amines is 1. The summed E-state index contributed by atoms with van der Waals surface area (Å²) in [5.74, 6) is 1.76. The molecule has 2 bridgehead atoms. The number of aromatic nitrogens is 2. The van der Waals surface area contributed by atoms with Crippen molar-refractivity contribution in [2.24, 2.45) is 17.8 Å². The SMILES string of the molecule is CN1c2ccc3[nH]cnc3c2[C@H]2C3CC[C@@H](C3)[C@H]2C1(C)c1ccc(F)c(C#N)c1. The van der Waals surface area contributed by atoms with Gasteiger partial charge in [0.1, 0.15) is 11.9 Å². The van der Waals surface area contributed by atoms with E-state index in [9.17, 15) is 9.65 Å². The zero-order chi connectivity index (χ0) is 19.9. The molecule has 1 aliphatic heterocycles. The normalized spacial score (nSPS) is 32.3. The van der Waals surface area contributed by atoms with E-state index in [4.69, 9.17) is 4.98 Å². The van der Waals surface area contributed by atoms with Crippen LogP contribution in [0.15, 0.2) is 36.7 Å². The van der Waals surface area contributed by atoms with Crippen molar-refractivity contribution in [2.75, 3.05) is 11.9 Å². The number of hydrogen-bond acceptors (Lipinski definition) is 3. The number of hydrogen-bond donors (Lipinski definition) is 1. The van der Waals surface area contributed by atoms with Gasteiger partial charge in [-0.15, -0.1) is 0 Å². The van der Waals surface area contributed by atoms with Gasteiger partial charge in [-0.05, 0) is 79.7 Å². The molecule has 2 fully saturated rings. The lowest BCUT2D eigenvalue weighted by atomic mass is 9.61. The second-order valence-electron chi connectivity index (χ2n) is 9.19. The minimum Gasteiger partial charge on any atom is -0.365 e. The van der Waals surface area contributed by atoms with Gasteiger partial charge in [-0.3, -0.25) is 0 Å². The smallest absolute Gasteiger partial charge is 0.140 e. The third kappa shape index (κ3) is 1.99. The molecule has 2 aliphatic carbocycles. The largest absolute Gasteiger partial charge is 0.365 e. The molecule has 6 rings (SSSR count). The molecule has 0 spiro atoms. The standard InChI is InChI=1S/C24H23FN4/c1-24(16-5-6-17(25)15(10-16)11-26)22-14-4-3-13(9-14)20(22)21-19(29(24)2)8-7-18-23(21)28-12-27-18/h5-8,10,12-14,20,22H,3-4,9H2,1-2H3,(H,27,28)/t13?,14-,20+,22+,24?/m0/s1. The van der Waals surface area contributed by atoms with Crippen LogP contribution in [0.3, 0.4) is 0 Å². The summed E-state index contributed by atoms with van der Waals surface area (Å²) in [6.45, 7) is 2.29. The van der Waals surface area contributed by atoms with E-state index in [-0.39, 0.29) is 11.1 Å². The average molecular weight is 386 g/mol. The molecule has 0 saturated heterocycles. The number of imidazole rings is 1. The van der Waals surface area contributed by atoms with Gasteiger partial charge < -0.3 is 9.88 Å². The Morgan fingerprint density at radius 2 is 2.07 bits per heavy atom. The van der Waals surface area contributed by atoms with Gasteiger partial charge in [0.2, 0.25) is 0 Å². The third-order valence-electron chi connectivity index (χ3n) is 8.24. The number of halogens is 1. The van der Waals surface area contributed by atoms with Crippen LogP contribution in [-0.2, 0) is 5.54 Å². The molecule has 4 nitrogen and oxygen atoms in total. The maximum absolute atomic E-state index is 14.1. The molecule has 2 saturated carbocycles. The summed E-state index contributed by atoms with van der Waals surface area (Å²) < 4.78 is 14.1. The van der Waals surface area contributed by atoms with Gasteiger partial charge in [0.15, 0.2) is 0 Å². The van der Waals surface area contributed by atoms with E-state index in [0.717, 1.165) is 16.6 Å². The van der Waals surface area contributed by atoms with Crippen molar-refractivity contribution >= 4 is 16.7 Å². The van der Waals surface area contributed by atoms with Crippen LogP contribution < -0.4 is 4.90 Å². The molecule has 3 aromatic rings. The summed E-state index contributed by atoms with van der Waals surface area (Å²) in [4.78, 5) is 10.3. The Bertz CT molecular complexity index is 1190. The van der Waals surface area contributed by atoms with Crippen molar-refractivity contribution in [2.45, 2.75) is 37.6 Å². The molecule has 5 heteroatoms. The Kier molecular flexibility index (Phi) is 3.29. The van der Waals surface area contributed by atoms with E-state index in [1.165, 1.54) is 36.6 Å². The van der Waals surface area contributed by atoms with E-state index in [1.807, 2.05) is 12.1 Å². The van der Waals surface area contributed by atoms with Crippen molar-refractivity contribution in [1.29, 1.82) is 5.26 Å². The molecule has 2 heterocycles. The fourth-order valence-corrected chi connectivity index (χ4v) is 6.94. The monoisotopic (exact) mass is 386 g/mol. The first-order chi connectivity index (χ1) is 14.0. The Labute approximate surface area is 169 Å². The fourth-order valence-electron chi connectivity index (χ4n) is 6.94. The minimum absolute atomic E-state index is 0.130. The van der Waals surface area contributed by atoms with E-state index in [2.05, 4.69) is 36.0 Å². The number of H-pyrrole nitrogens is 1. The Morgan fingerprint density at radius 3 is 2.90 bits per heavy atom. The molecule has 1 aromatic heterocycles. The highest BCUT2D eigenvalue weighted by atomic mass is 19.1. The highest BCUT2D eigenvalue weighted by Gasteiger charge is 2.60. The topological polar surface area (TPSA) is 55.7 Å². The lowest BCUT2D eigenvalue weighted by Gasteiger charge is -2.55. The Morgan fingerprint density at radius 1 is 1.24 bits per heavy atom. The first-order valence-electron chi connectivity index (χ1n) is 10.4. The maximum atomic E-state index is 14.1. The predicted octanol–water partition coefficient (Wildman–Crippen LogP) is 5.07. The summed E-state index contributed by atoms with van der Waals surface area (Å²) in [6.07, 6.45) is 5.58. The highest BCUT2D eigenvalue weighted by molar-refractivity contribution is 5.86. The average Bonchev–Trinajstić information content (AvgIpc) is 3.47. The number of fused-ring (bicyclic) bond motifs is 9. The van der Waals surface area contributed by atoms with Crippen molar-refractivity contribution in [3.63, 3.8) is 0 Å². The second-order valence-corrected chi connectivity index (χ2v) is 9.19. The molecule has 2 unspecified atom stereocenters. The van der Waals surface area contributed by atoms with Crippen LogP contribution in [0.2, 0.25) is 0 Å². The quantitative estimate of drug-likeness (QED) is 0.635. The van der Waals surface area contributed by atoms with Crippen LogP contribution in [0.25, 0.3) is 11.0 Å². The fraction of sp³-hybridized carbons (Fsp3) is 0.417. The van der Waals surface area contributed by atoms with E-state index in [1.54, 1.807) is 12.4 Å². The number of rotatable bonds is 1. The number of nitrogens with one attached hydrogen (secondary N) is 1. The first-order valence-corrected chi connectivity index (χ1v) is 10.4. The van der Waals surface area contributed by atoms with Gasteiger partial charge in [-0.25, -0.2) is 9.37 Å². The summed E-state index contributed by atoms with van der Waals surface area (Å²) in [6, 6.07) is 11.5. The van der Waals surface area contributed by atoms with Gasteiger partial charge in [-0.1, -0.05) is 6.07 Å². The minimum atomic E-state index is -0.443.